The number of benzene rings is 3. The zero-order valence-electron chi connectivity index (χ0n) is 18.0. The molecule has 0 heterocycles. The molecule has 0 atom stereocenters. The Bertz CT molecular complexity index is 999. The van der Waals surface area contributed by atoms with Crippen molar-refractivity contribution in [2.24, 2.45) is 5.10 Å². The molecule has 0 aliphatic heterocycles. The number of aryl methyl sites for hydroxylation is 1. The number of carbonyl (C=O) groups is 1. The third-order valence-electron chi connectivity index (χ3n) is 4.70. The number of nitrogens with one attached hydrogen (secondary N) is 1. The number of nitrogens with zero attached hydrogens (tertiary/aromatic N) is 1. The van der Waals surface area contributed by atoms with Crippen LogP contribution in [0.3, 0.4) is 0 Å². The molecule has 5 heteroatoms. The van der Waals surface area contributed by atoms with E-state index in [1.54, 1.807) is 6.21 Å². The zero-order chi connectivity index (χ0) is 21.9. The van der Waals surface area contributed by atoms with Crippen molar-refractivity contribution < 1.29 is 14.3 Å². The summed E-state index contributed by atoms with van der Waals surface area (Å²) in [5.74, 6) is 1.15. The van der Waals surface area contributed by atoms with Gasteiger partial charge in [-0.25, -0.2) is 5.43 Å². The van der Waals surface area contributed by atoms with E-state index in [-0.39, 0.29) is 12.3 Å². The molecule has 0 saturated carbocycles. The molecule has 3 aromatic carbocycles. The summed E-state index contributed by atoms with van der Waals surface area (Å²) in [6.07, 6.45) is 2.87. The maximum absolute atomic E-state index is 12.1. The van der Waals surface area contributed by atoms with Gasteiger partial charge in [-0.3, -0.25) is 4.79 Å². The Morgan fingerprint density at radius 3 is 2.32 bits per heavy atom. The quantitative estimate of drug-likeness (QED) is 0.377. The predicted molar refractivity (Wildman–Crippen MR) is 124 cm³/mol. The van der Waals surface area contributed by atoms with Gasteiger partial charge in [0.25, 0.3) is 0 Å². The van der Waals surface area contributed by atoms with Crippen molar-refractivity contribution in [3.63, 3.8) is 0 Å². The number of hydrogen-bond donors (Lipinski definition) is 1. The fourth-order valence-corrected chi connectivity index (χ4v) is 3.02. The number of hydrazone groups is 1. The van der Waals surface area contributed by atoms with Crippen molar-refractivity contribution >= 4 is 12.1 Å². The van der Waals surface area contributed by atoms with Crippen molar-refractivity contribution in [1.29, 1.82) is 0 Å². The van der Waals surface area contributed by atoms with Gasteiger partial charge in [-0.1, -0.05) is 61.5 Å². The number of carbonyl (C=O) groups excluding carboxylic acids is 1. The molecule has 3 aromatic rings. The van der Waals surface area contributed by atoms with Crippen LogP contribution in [0.2, 0.25) is 0 Å². The molecular weight excluding hydrogens is 388 g/mol. The maximum Gasteiger partial charge on any atom is 0.244 e. The first kappa shape index (κ1) is 22.1. The van der Waals surface area contributed by atoms with Gasteiger partial charge in [0.15, 0.2) is 11.5 Å². The van der Waals surface area contributed by atoms with Crippen LogP contribution >= 0.6 is 0 Å². The highest BCUT2D eigenvalue weighted by atomic mass is 16.5. The molecule has 0 radical (unpaired) electrons. The van der Waals surface area contributed by atoms with Gasteiger partial charge in [-0.05, 0) is 53.8 Å². The Kier molecular flexibility index (Phi) is 8.23. The summed E-state index contributed by atoms with van der Waals surface area (Å²) in [6, 6.07) is 23.6. The molecule has 0 aromatic heterocycles. The molecule has 0 saturated heterocycles. The van der Waals surface area contributed by atoms with Crippen molar-refractivity contribution in [2.45, 2.75) is 33.3 Å². The van der Waals surface area contributed by atoms with Gasteiger partial charge in [0, 0.05) is 0 Å². The van der Waals surface area contributed by atoms with Crippen molar-refractivity contribution in [3.05, 3.63) is 95.1 Å². The summed E-state index contributed by atoms with van der Waals surface area (Å²) >= 11 is 0. The van der Waals surface area contributed by atoms with Crippen molar-refractivity contribution in [3.8, 4) is 11.5 Å². The minimum atomic E-state index is -0.159. The first-order chi connectivity index (χ1) is 15.2. The Labute approximate surface area is 183 Å². The lowest BCUT2D eigenvalue weighted by molar-refractivity contribution is -0.120. The lowest BCUT2D eigenvalue weighted by atomic mass is 10.1. The van der Waals surface area contributed by atoms with Crippen LogP contribution in [0.25, 0.3) is 0 Å². The minimum absolute atomic E-state index is 0.159. The molecular formula is C26H28N2O3. The summed E-state index contributed by atoms with van der Waals surface area (Å²) in [5.41, 5.74) is 6.69. The fourth-order valence-electron chi connectivity index (χ4n) is 3.02. The van der Waals surface area contributed by atoms with Crippen LogP contribution in [0.4, 0.5) is 0 Å². The maximum atomic E-state index is 12.1. The summed E-state index contributed by atoms with van der Waals surface area (Å²) in [4.78, 5) is 12.1. The van der Waals surface area contributed by atoms with E-state index in [4.69, 9.17) is 9.47 Å². The number of rotatable bonds is 10. The smallest absolute Gasteiger partial charge is 0.244 e. The molecule has 3 rings (SSSR count). The van der Waals surface area contributed by atoms with Gasteiger partial charge >= 0.3 is 0 Å². The zero-order valence-corrected chi connectivity index (χ0v) is 18.0. The second-order valence-electron chi connectivity index (χ2n) is 7.05. The van der Waals surface area contributed by atoms with Crippen LogP contribution in [0.15, 0.2) is 77.9 Å². The highest BCUT2D eigenvalue weighted by Crippen LogP contribution is 2.28. The molecule has 5 nitrogen and oxygen atoms in total. The highest BCUT2D eigenvalue weighted by molar-refractivity contribution is 5.84. The molecule has 0 spiro atoms. The SMILES string of the molecule is CCOc1cc(/C=N/NC(=O)Cc2ccc(CC)cc2)ccc1OCc1ccccc1. The van der Waals surface area contributed by atoms with Crippen LogP contribution in [0.5, 0.6) is 11.5 Å². The second kappa shape index (κ2) is 11.6. The molecule has 0 aliphatic rings. The predicted octanol–water partition coefficient (Wildman–Crippen LogP) is 4.92. The van der Waals surface area contributed by atoms with Gasteiger partial charge in [0.2, 0.25) is 5.91 Å². The molecule has 31 heavy (non-hydrogen) atoms. The number of amides is 1. The van der Waals surface area contributed by atoms with Crippen molar-refractivity contribution in [2.75, 3.05) is 6.61 Å². The average Bonchev–Trinajstić information content (AvgIpc) is 2.80. The van der Waals surface area contributed by atoms with Gasteiger partial charge in [-0.15, -0.1) is 0 Å². The van der Waals surface area contributed by atoms with E-state index in [9.17, 15) is 4.79 Å². The minimum Gasteiger partial charge on any atom is -0.490 e. The van der Waals surface area contributed by atoms with Crippen LogP contribution in [0, 0.1) is 0 Å². The third kappa shape index (κ3) is 7.00. The summed E-state index contributed by atoms with van der Waals surface area (Å²) in [7, 11) is 0. The fraction of sp³-hybridized carbons (Fsp3) is 0.231. The summed E-state index contributed by atoms with van der Waals surface area (Å²) < 4.78 is 11.6. The molecule has 1 amide bonds. The standard InChI is InChI=1S/C26H28N2O3/c1-3-20-10-12-21(13-11-20)17-26(29)28-27-18-23-14-15-24(25(16-23)30-4-2)31-19-22-8-6-5-7-9-22/h5-16,18H,3-4,17,19H2,1-2H3,(H,28,29)/b27-18+. The summed E-state index contributed by atoms with van der Waals surface area (Å²) in [5, 5.41) is 4.07. The van der Waals surface area contributed by atoms with Gasteiger partial charge in [0.1, 0.15) is 6.61 Å². The molecule has 0 unspecified atom stereocenters. The van der Waals surface area contributed by atoms with Gasteiger partial charge in [0.05, 0.1) is 19.2 Å². The van der Waals surface area contributed by atoms with Gasteiger partial charge < -0.3 is 9.47 Å². The average molecular weight is 417 g/mol. The van der Waals surface area contributed by atoms with Crippen LogP contribution in [-0.4, -0.2) is 18.7 Å². The number of ether oxygens (including phenoxy) is 2. The normalized spacial score (nSPS) is 10.8. The molecule has 0 fully saturated rings. The lowest BCUT2D eigenvalue weighted by Gasteiger charge is -2.12. The van der Waals surface area contributed by atoms with Crippen molar-refractivity contribution in [1.82, 2.24) is 5.43 Å². The van der Waals surface area contributed by atoms with E-state index >= 15 is 0 Å². The lowest BCUT2D eigenvalue weighted by Crippen LogP contribution is -2.19. The van der Waals surface area contributed by atoms with E-state index in [1.165, 1.54) is 5.56 Å². The Morgan fingerprint density at radius 1 is 0.871 bits per heavy atom. The summed E-state index contributed by atoms with van der Waals surface area (Å²) in [6.45, 7) is 5.02. The monoisotopic (exact) mass is 416 g/mol. The van der Waals surface area contributed by atoms with Crippen LogP contribution < -0.4 is 14.9 Å². The molecule has 160 valence electrons. The second-order valence-corrected chi connectivity index (χ2v) is 7.05. The number of hydrogen-bond acceptors (Lipinski definition) is 4. The highest BCUT2D eigenvalue weighted by Gasteiger charge is 2.07. The Balaban J connectivity index is 1.57. The van der Waals surface area contributed by atoms with E-state index in [0.29, 0.717) is 24.7 Å². The first-order valence-corrected chi connectivity index (χ1v) is 10.5. The van der Waals surface area contributed by atoms with E-state index in [1.807, 2.05) is 79.7 Å². The first-order valence-electron chi connectivity index (χ1n) is 10.5. The Hall–Kier alpha value is -3.60. The third-order valence-corrected chi connectivity index (χ3v) is 4.70. The van der Waals surface area contributed by atoms with Crippen LogP contribution in [-0.2, 0) is 24.2 Å². The van der Waals surface area contributed by atoms with E-state index in [2.05, 4.69) is 17.5 Å². The van der Waals surface area contributed by atoms with Gasteiger partial charge in [-0.2, -0.15) is 5.10 Å². The molecule has 1 N–H and O–H groups in total. The molecule has 0 bridgehead atoms. The van der Waals surface area contributed by atoms with E-state index < -0.39 is 0 Å². The van der Waals surface area contributed by atoms with Crippen LogP contribution in [0.1, 0.15) is 36.1 Å². The van der Waals surface area contributed by atoms with E-state index in [0.717, 1.165) is 23.1 Å². The largest absolute Gasteiger partial charge is 0.490 e. The topological polar surface area (TPSA) is 59.9 Å². The molecule has 0 aliphatic carbocycles. The Morgan fingerprint density at radius 2 is 1.61 bits per heavy atom.